The van der Waals surface area contributed by atoms with Crippen molar-refractivity contribution in [3.63, 3.8) is 0 Å². The Balaban J connectivity index is 2.46. The van der Waals surface area contributed by atoms with Gasteiger partial charge in [0.25, 0.3) is 0 Å². The first kappa shape index (κ1) is 6.16. The Labute approximate surface area is 64.9 Å². The molecule has 2 aromatic heterocycles. The monoisotopic (exact) mass is 142 g/mol. The van der Waals surface area contributed by atoms with Crippen molar-refractivity contribution in [2.45, 2.75) is 0 Å². The number of aromatic amines is 1. The molecule has 0 aliphatic heterocycles. The summed E-state index contributed by atoms with van der Waals surface area (Å²) in [5.74, 6) is 0. The zero-order valence-corrected chi connectivity index (χ0v) is 5.83. The molecular formula is C9H6N2. The predicted octanol–water partition coefficient (Wildman–Crippen LogP) is 1.68. The van der Waals surface area contributed by atoms with E-state index in [-0.39, 0.29) is 0 Å². The van der Waals surface area contributed by atoms with Crippen molar-refractivity contribution in [1.82, 2.24) is 9.97 Å². The Morgan fingerprint density at radius 2 is 2.36 bits per heavy atom. The van der Waals surface area contributed by atoms with Crippen LogP contribution in [0.25, 0.3) is 11.3 Å². The number of nitrogens with one attached hydrogen (secondary N) is 1. The largest absolute Gasteiger partial charge is 0.361 e. The highest BCUT2D eigenvalue weighted by molar-refractivity contribution is 5.56. The topological polar surface area (TPSA) is 28.7 Å². The van der Waals surface area contributed by atoms with Gasteiger partial charge in [-0.25, -0.2) is 0 Å². The molecule has 0 saturated heterocycles. The molecule has 1 N–H and O–H groups in total. The lowest BCUT2D eigenvalue weighted by Crippen LogP contribution is -1.77. The van der Waals surface area contributed by atoms with Crippen LogP contribution in [0.3, 0.4) is 0 Å². The Morgan fingerprint density at radius 3 is 3.00 bits per heavy atom. The lowest BCUT2D eigenvalue weighted by Gasteiger charge is -1.92. The minimum atomic E-state index is 0.991. The molecule has 0 spiro atoms. The normalized spacial score (nSPS) is 9.82. The highest BCUT2D eigenvalue weighted by Crippen LogP contribution is 2.13. The van der Waals surface area contributed by atoms with Gasteiger partial charge in [-0.15, -0.1) is 0 Å². The first-order valence-electron chi connectivity index (χ1n) is 3.35. The molecular weight excluding hydrogens is 136 g/mol. The van der Waals surface area contributed by atoms with E-state index >= 15 is 0 Å². The van der Waals surface area contributed by atoms with Gasteiger partial charge in [0.05, 0.1) is 6.20 Å². The second-order valence-corrected chi connectivity index (χ2v) is 2.18. The molecule has 2 heterocycles. The number of H-pyrrole nitrogens is 1. The van der Waals surface area contributed by atoms with E-state index in [1.807, 2.05) is 24.4 Å². The Bertz CT molecular complexity index is 311. The SMILES string of the molecule is [c]1[c]c(-c2ccc[nH]2)ccn1. The van der Waals surface area contributed by atoms with Crippen molar-refractivity contribution in [2.24, 2.45) is 0 Å². The fourth-order valence-corrected chi connectivity index (χ4v) is 0.938. The zero-order valence-electron chi connectivity index (χ0n) is 5.83. The molecule has 2 aromatic rings. The molecule has 0 unspecified atom stereocenters. The zero-order chi connectivity index (χ0) is 7.52. The van der Waals surface area contributed by atoms with E-state index in [9.17, 15) is 0 Å². The third kappa shape index (κ3) is 1.15. The third-order valence-electron chi connectivity index (χ3n) is 1.46. The molecule has 11 heavy (non-hydrogen) atoms. The summed E-state index contributed by atoms with van der Waals surface area (Å²) in [5.41, 5.74) is 2.04. The average molecular weight is 142 g/mol. The van der Waals surface area contributed by atoms with Gasteiger partial charge >= 0.3 is 0 Å². The quantitative estimate of drug-likeness (QED) is 0.644. The van der Waals surface area contributed by atoms with Crippen molar-refractivity contribution >= 4 is 0 Å². The molecule has 0 aliphatic carbocycles. The maximum absolute atomic E-state index is 3.76. The molecule has 2 radical (unpaired) electrons. The highest BCUT2D eigenvalue weighted by Gasteiger charge is 1.94. The van der Waals surface area contributed by atoms with Gasteiger partial charge in [0.15, 0.2) is 0 Å². The smallest absolute Gasteiger partial charge is 0.0978 e. The summed E-state index contributed by atoms with van der Waals surface area (Å²) in [7, 11) is 0. The van der Waals surface area contributed by atoms with Crippen LogP contribution in [-0.4, -0.2) is 9.97 Å². The summed E-state index contributed by atoms with van der Waals surface area (Å²) in [6.45, 7) is 0. The van der Waals surface area contributed by atoms with Gasteiger partial charge in [-0.05, 0) is 18.2 Å². The summed E-state index contributed by atoms with van der Waals surface area (Å²) in [6.07, 6.45) is 6.23. The molecule has 0 fully saturated rings. The number of nitrogens with zero attached hydrogens (tertiary/aromatic N) is 1. The minimum Gasteiger partial charge on any atom is -0.361 e. The molecule has 0 atom stereocenters. The molecule has 2 heteroatoms. The van der Waals surface area contributed by atoms with E-state index in [1.165, 1.54) is 0 Å². The van der Waals surface area contributed by atoms with Gasteiger partial charge in [-0.3, -0.25) is 4.98 Å². The number of hydrogen-bond donors (Lipinski definition) is 1. The van der Waals surface area contributed by atoms with E-state index in [0.717, 1.165) is 11.3 Å². The maximum Gasteiger partial charge on any atom is 0.0978 e. The number of pyridine rings is 1. The van der Waals surface area contributed by atoms with E-state index in [4.69, 9.17) is 0 Å². The van der Waals surface area contributed by atoms with Crippen LogP contribution in [0, 0.1) is 12.3 Å². The predicted molar refractivity (Wildman–Crippen MR) is 41.7 cm³/mol. The summed E-state index contributed by atoms with van der Waals surface area (Å²) in [5, 5.41) is 0. The third-order valence-corrected chi connectivity index (χ3v) is 1.46. The van der Waals surface area contributed by atoms with Gasteiger partial charge in [0.2, 0.25) is 0 Å². The van der Waals surface area contributed by atoms with Crippen molar-refractivity contribution in [3.8, 4) is 11.3 Å². The van der Waals surface area contributed by atoms with E-state index in [0.29, 0.717) is 0 Å². The molecule has 0 amide bonds. The second-order valence-electron chi connectivity index (χ2n) is 2.18. The van der Waals surface area contributed by atoms with E-state index in [1.54, 1.807) is 6.20 Å². The maximum atomic E-state index is 3.76. The van der Waals surface area contributed by atoms with Crippen LogP contribution in [0.2, 0.25) is 0 Å². The minimum absolute atomic E-state index is 0.991. The molecule has 2 rings (SSSR count). The summed E-state index contributed by atoms with van der Waals surface area (Å²) < 4.78 is 0. The van der Waals surface area contributed by atoms with Gasteiger partial charge in [-0.1, -0.05) is 0 Å². The molecule has 2 nitrogen and oxygen atoms in total. The van der Waals surface area contributed by atoms with Crippen molar-refractivity contribution in [1.29, 1.82) is 0 Å². The van der Waals surface area contributed by atoms with Gasteiger partial charge in [0, 0.05) is 29.7 Å². The molecule has 52 valence electrons. The number of hydrogen-bond acceptors (Lipinski definition) is 1. The average Bonchev–Trinajstić information content (AvgIpc) is 2.58. The highest BCUT2D eigenvalue weighted by atomic mass is 14.7. The van der Waals surface area contributed by atoms with Gasteiger partial charge < -0.3 is 4.98 Å². The second kappa shape index (κ2) is 2.58. The van der Waals surface area contributed by atoms with Crippen molar-refractivity contribution in [2.75, 3.05) is 0 Å². The van der Waals surface area contributed by atoms with Gasteiger partial charge in [0.1, 0.15) is 0 Å². The van der Waals surface area contributed by atoms with Crippen molar-refractivity contribution < 1.29 is 0 Å². The van der Waals surface area contributed by atoms with Crippen LogP contribution in [0.4, 0.5) is 0 Å². The van der Waals surface area contributed by atoms with E-state index in [2.05, 4.69) is 22.2 Å². The first-order chi connectivity index (χ1) is 5.47. The van der Waals surface area contributed by atoms with Crippen LogP contribution in [0.15, 0.2) is 30.6 Å². The Hall–Kier alpha value is -1.57. The fraction of sp³-hybridized carbons (Fsp3) is 0. The lowest BCUT2D eigenvalue weighted by molar-refractivity contribution is 1.29. The molecule has 0 aliphatic rings. The van der Waals surface area contributed by atoms with Crippen LogP contribution < -0.4 is 0 Å². The molecule has 0 saturated carbocycles. The lowest BCUT2D eigenvalue weighted by atomic mass is 10.2. The summed E-state index contributed by atoms with van der Waals surface area (Å²) in [6, 6.07) is 8.73. The number of aromatic nitrogens is 2. The number of rotatable bonds is 1. The molecule has 0 bridgehead atoms. The van der Waals surface area contributed by atoms with Crippen molar-refractivity contribution in [3.05, 3.63) is 42.9 Å². The standard InChI is InChI=1S/C9H6N2/c1-2-9(11-5-1)8-3-6-10-7-4-8/h1-3,5-6,11H. The van der Waals surface area contributed by atoms with Crippen LogP contribution >= 0.6 is 0 Å². The van der Waals surface area contributed by atoms with Crippen LogP contribution in [-0.2, 0) is 0 Å². The first-order valence-corrected chi connectivity index (χ1v) is 3.35. The fourth-order valence-electron chi connectivity index (χ4n) is 0.938. The summed E-state index contributed by atoms with van der Waals surface area (Å²) >= 11 is 0. The Kier molecular flexibility index (Phi) is 1.44. The van der Waals surface area contributed by atoms with Crippen LogP contribution in [0.1, 0.15) is 0 Å². The van der Waals surface area contributed by atoms with E-state index < -0.39 is 0 Å². The molecule has 0 aromatic carbocycles. The summed E-state index contributed by atoms with van der Waals surface area (Å²) in [4.78, 5) is 6.84. The Morgan fingerprint density at radius 1 is 1.36 bits per heavy atom. The van der Waals surface area contributed by atoms with Crippen LogP contribution in [0.5, 0.6) is 0 Å². The van der Waals surface area contributed by atoms with Gasteiger partial charge in [-0.2, -0.15) is 0 Å².